The van der Waals surface area contributed by atoms with Crippen molar-refractivity contribution in [2.75, 3.05) is 45.2 Å². The number of carbonyl (C=O) groups excluding carboxylic acids is 1. The Labute approximate surface area is 196 Å². The Morgan fingerprint density at radius 1 is 1.12 bits per heavy atom. The van der Waals surface area contributed by atoms with Crippen molar-refractivity contribution >= 4 is 35.1 Å². The number of carboxylic acids is 2. The summed E-state index contributed by atoms with van der Waals surface area (Å²) < 4.78 is 11.1. The number of halogens is 1. The molecular formula is C22H28ClN3O7. The second kappa shape index (κ2) is 9.74. The van der Waals surface area contributed by atoms with E-state index in [1.807, 2.05) is 0 Å². The van der Waals surface area contributed by atoms with Crippen LogP contribution in [0.3, 0.4) is 0 Å². The maximum atomic E-state index is 12.7. The summed E-state index contributed by atoms with van der Waals surface area (Å²) in [6, 6.07) is 2.33. The van der Waals surface area contributed by atoms with Gasteiger partial charge < -0.3 is 30.7 Å². The van der Waals surface area contributed by atoms with Crippen LogP contribution in [0.1, 0.15) is 28.8 Å². The minimum atomic E-state index is -1.82. The van der Waals surface area contributed by atoms with Crippen LogP contribution in [0.4, 0.5) is 5.69 Å². The Morgan fingerprint density at radius 2 is 1.76 bits per heavy atom. The van der Waals surface area contributed by atoms with Crippen molar-refractivity contribution < 1.29 is 34.1 Å². The van der Waals surface area contributed by atoms with E-state index < -0.39 is 11.9 Å². The van der Waals surface area contributed by atoms with E-state index in [0.717, 1.165) is 50.0 Å². The Bertz CT molecular complexity index is 926. The van der Waals surface area contributed by atoms with Gasteiger partial charge in [0.1, 0.15) is 5.75 Å². The van der Waals surface area contributed by atoms with Crippen molar-refractivity contribution in [2.45, 2.75) is 25.3 Å². The predicted octanol–water partition coefficient (Wildman–Crippen LogP) is 1.10. The summed E-state index contributed by atoms with van der Waals surface area (Å²) in [5.74, 6) is -1.10. The molecule has 0 spiro atoms. The Balaban J connectivity index is 0.000000385. The van der Waals surface area contributed by atoms with E-state index in [1.165, 1.54) is 13.1 Å². The first kappa shape index (κ1) is 23.6. The Kier molecular flexibility index (Phi) is 6.96. The second-order valence-electron chi connectivity index (χ2n) is 8.84. The number of nitrogens with one attached hydrogen (secondary N) is 1. The van der Waals surface area contributed by atoms with Crippen molar-refractivity contribution in [2.24, 2.45) is 17.8 Å². The highest BCUT2D eigenvalue weighted by Crippen LogP contribution is 2.52. The third-order valence-electron chi connectivity index (χ3n) is 7.00. The highest BCUT2D eigenvalue weighted by atomic mass is 35.5. The van der Waals surface area contributed by atoms with E-state index in [2.05, 4.69) is 10.2 Å². The second-order valence-corrected chi connectivity index (χ2v) is 9.24. The molecule has 3 aliphatic heterocycles. The molecule has 33 heavy (non-hydrogen) atoms. The molecule has 2 unspecified atom stereocenters. The summed E-state index contributed by atoms with van der Waals surface area (Å²) in [7, 11) is 0. The number of amides is 1. The molecule has 0 aromatic heterocycles. The van der Waals surface area contributed by atoms with Crippen LogP contribution in [0.15, 0.2) is 6.07 Å². The van der Waals surface area contributed by atoms with E-state index in [4.69, 9.17) is 46.6 Å². The van der Waals surface area contributed by atoms with E-state index >= 15 is 0 Å². The number of anilines is 1. The molecule has 5 N–H and O–H groups in total. The molecule has 10 nitrogen and oxygen atoms in total. The summed E-state index contributed by atoms with van der Waals surface area (Å²) in [5.41, 5.74) is 7.92. The van der Waals surface area contributed by atoms with Gasteiger partial charge in [-0.2, -0.15) is 0 Å². The molecule has 0 radical (unpaired) electrons. The number of benzene rings is 1. The minimum absolute atomic E-state index is 0.110. The molecule has 4 aliphatic rings. The lowest BCUT2D eigenvalue weighted by atomic mass is 10.0. The lowest BCUT2D eigenvalue weighted by molar-refractivity contribution is -0.159. The minimum Gasteiger partial charge on any atom is -0.492 e. The molecule has 5 rings (SSSR count). The normalized spacial score (nSPS) is 25.8. The molecule has 1 aromatic carbocycles. The van der Waals surface area contributed by atoms with Gasteiger partial charge in [0.25, 0.3) is 5.91 Å². The van der Waals surface area contributed by atoms with Crippen molar-refractivity contribution in [3.05, 3.63) is 22.2 Å². The Hall–Kier alpha value is -2.56. The summed E-state index contributed by atoms with van der Waals surface area (Å²) in [5, 5.41) is 18.3. The smallest absolute Gasteiger partial charge is 0.414 e. The molecule has 1 saturated carbocycles. The van der Waals surface area contributed by atoms with Crippen molar-refractivity contribution in [1.29, 1.82) is 0 Å². The number of nitrogen functional groups attached to an aromatic ring is 1. The van der Waals surface area contributed by atoms with Crippen molar-refractivity contribution in [3.63, 3.8) is 0 Å². The third-order valence-corrected chi connectivity index (χ3v) is 7.32. The molecule has 2 saturated heterocycles. The number of carbonyl (C=O) groups is 3. The number of fused-ring (bicyclic) bond motifs is 2. The molecule has 1 aromatic rings. The first-order valence-corrected chi connectivity index (χ1v) is 11.5. The number of piperidine rings is 1. The number of rotatable bonds is 4. The van der Waals surface area contributed by atoms with Gasteiger partial charge in [-0.15, -0.1) is 0 Å². The predicted molar refractivity (Wildman–Crippen MR) is 119 cm³/mol. The molecule has 0 bridgehead atoms. The van der Waals surface area contributed by atoms with Crippen molar-refractivity contribution in [3.8, 4) is 5.75 Å². The molecule has 1 amide bonds. The number of likely N-dealkylation sites (tertiary alicyclic amines) is 1. The third kappa shape index (κ3) is 5.02. The van der Waals surface area contributed by atoms with Crippen LogP contribution in [0, 0.1) is 17.8 Å². The summed E-state index contributed by atoms with van der Waals surface area (Å²) in [4.78, 5) is 33.6. The zero-order valence-electron chi connectivity index (χ0n) is 18.1. The zero-order chi connectivity index (χ0) is 23.7. The summed E-state index contributed by atoms with van der Waals surface area (Å²) >= 11 is 6.21. The van der Waals surface area contributed by atoms with Gasteiger partial charge in [0, 0.05) is 50.9 Å². The average Bonchev–Trinajstić information content (AvgIpc) is 3.17. The lowest BCUT2D eigenvalue weighted by Gasteiger charge is -2.32. The molecule has 11 heteroatoms. The quantitative estimate of drug-likeness (QED) is 0.366. The number of nitrogens with zero attached hydrogens (tertiary/aromatic N) is 1. The summed E-state index contributed by atoms with van der Waals surface area (Å²) in [6.45, 7) is 5.41. The van der Waals surface area contributed by atoms with Crippen LogP contribution in [0.2, 0.25) is 5.02 Å². The highest BCUT2D eigenvalue weighted by molar-refractivity contribution is 6.33. The molecular weight excluding hydrogens is 454 g/mol. The van der Waals surface area contributed by atoms with Gasteiger partial charge in [0.05, 0.1) is 22.9 Å². The summed E-state index contributed by atoms with van der Waals surface area (Å²) in [6.07, 6.45) is 3.02. The maximum absolute atomic E-state index is 12.7. The number of aliphatic carboxylic acids is 2. The average molecular weight is 482 g/mol. The highest BCUT2D eigenvalue weighted by Gasteiger charge is 2.56. The fraction of sp³-hybridized carbons (Fsp3) is 0.591. The van der Waals surface area contributed by atoms with Crippen molar-refractivity contribution in [1.82, 2.24) is 10.2 Å². The molecule has 3 heterocycles. The van der Waals surface area contributed by atoms with Gasteiger partial charge in [-0.1, -0.05) is 11.6 Å². The van der Waals surface area contributed by atoms with Crippen LogP contribution in [-0.2, 0) is 20.7 Å². The van der Waals surface area contributed by atoms with E-state index in [0.29, 0.717) is 47.0 Å². The van der Waals surface area contributed by atoms with Gasteiger partial charge in [-0.25, -0.2) is 9.59 Å². The van der Waals surface area contributed by atoms with Crippen LogP contribution in [0.25, 0.3) is 0 Å². The van der Waals surface area contributed by atoms with Gasteiger partial charge in [-0.3, -0.25) is 9.69 Å². The largest absolute Gasteiger partial charge is 0.492 e. The van der Waals surface area contributed by atoms with E-state index in [9.17, 15) is 4.79 Å². The molecule has 180 valence electrons. The van der Waals surface area contributed by atoms with Crippen LogP contribution >= 0.6 is 11.6 Å². The van der Waals surface area contributed by atoms with Gasteiger partial charge in [0.15, 0.2) is 0 Å². The lowest BCUT2D eigenvalue weighted by Crippen LogP contribution is -2.40. The van der Waals surface area contributed by atoms with Gasteiger partial charge >= 0.3 is 11.9 Å². The number of carboxylic acid groups (broad SMARTS) is 2. The van der Waals surface area contributed by atoms with Gasteiger partial charge in [0.2, 0.25) is 0 Å². The Morgan fingerprint density at radius 3 is 2.36 bits per heavy atom. The fourth-order valence-electron chi connectivity index (χ4n) is 5.17. The zero-order valence-corrected chi connectivity index (χ0v) is 18.8. The van der Waals surface area contributed by atoms with Gasteiger partial charge in [-0.05, 0) is 36.7 Å². The standard InChI is InChI=1S/C20H26ClN3O3.C2H2O4/c21-17-7-13(19-12(18(17)22)3-6-27-19)20(25)23-8-14-15-9-24(10-16(14)15)11-1-4-26-5-2-11;3-1(4)2(5)6/h7,11,14-16H,1-6,8-10,22H2,(H,23,25);(H,3,4)(H,5,6). The SMILES string of the molecule is Nc1c(Cl)cc(C(=O)NCC2C3CN(C4CCOCC4)CC23)c2c1CCO2.O=C(O)C(=O)O. The first-order valence-electron chi connectivity index (χ1n) is 11.1. The number of nitrogens with two attached hydrogens (primary N) is 1. The first-order chi connectivity index (χ1) is 15.8. The molecule has 3 fully saturated rings. The van der Waals surface area contributed by atoms with Crippen LogP contribution in [0.5, 0.6) is 5.75 Å². The maximum Gasteiger partial charge on any atom is 0.414 e. The number of hydrogen-bond acceptors (Lipinski definition) is 7. The topological polar surface area (TPSA) is 151 Å². The fourth-order valence-corrected chi connectivity index (χ4v) is 5.40. The monoisotopic (exact) mass is 481 g/mol. The number of ether oxygens (including phenoxy) is 2. The molecule has 2 atom stereocenters. The van der Waals surface area contributed by atoms with Crippen LogP contribution in [-0.4, -0.2) is 78.5 Å². The van der Waals surface area contributed by atoms with E-state index in [1.54, 1.807) is 6.07 Å². The molecule has 1 aliphatic carbocycles. The van der Waals surface area contributed by atoms with Crippen LogP contribution < -0.4 is 15.8 Å². The number of hydrogen-bond donors (Lipinski definition) is 4. The van der Waals surface area contributed by atoms with E-state index in [-0.39, 0.29) is 5.91 Å².